The molecule has 0 bridgehead atoms. The van der Waals surface area contributed by atoms with Gasteiger partial charge in [0.25, 0.3) is 0 Å². The van der Waals surface area contributed by atoms with E-state index in [1.807, 2.05) is 0 Å². The van der Waals surface area contributed by atoms with Crippen molar-refractivity contribution in [2.45, 2.75) is 24.5 Å². The topological polar surface area (TPSA) is 198 Å². The smallest absolute Gasteiger partial charge is 0.167 e. The van der Waals surface area contributed by atoms with Crippen molar-refractivity contribution in [1.29, 1.82) is 0 Å². The largest absolute Gasteiger partial charge is 0.686 e. The second-order valence-corrected chi connectivity index (χ2v) is 6.67. The monoisotopic (exact) mass is 359 g/mol. The molecule has 2 aromatic heterocycles. The van der Waals surface area contributed by atoms with Crippen LogP contribution in [-0.2, 0) is 9.47 Å². The molecule has 1 saturated heterocycles. The van der Waals surface area contributed by atoms with Crippen molar-refractivity contribution in [3.8, 4) is 0 Å². The summed E-state index contributed by atoms with van der Waals surface area (Å²) in [4.78, 5) is 44.0. The third kappa shape index (κ3) is 3.18. The molecule has 13 heteroatoms. The average molecular weight is 359 g/mol. The zero-order chi connectivity index (χ0) is 17.5. The molecule has 0 spiro atoms. The number of imidazole rings is 1. The molecule has 0 amide bonds. The van der Waals surface area contributed by atoms with Gasteiger partial charge in [-0.3, -0.25) is 4.57 Å². The summed E-state index contributed by atoms with van der Waals surface area (Å²) in [5.41, 5.74) is 6.26. The minimum Gasteiger partial charge on any atom is -0.686 e. The van der Waals surface area contributed by atoms with Gasteiger partial charge in [0.2, 0.25) is 0 Å². The van der Waals surface area contributed by atoms with E-state index in [1.165, 1.54) is 17.2 Å². The Bertz CT molecular complexity index is 722. The first-order valence-corrected chi connectivity index (χ1v) is 8.54. The van der Waals surface area contributed by atoms with E-state index in [1.54, 1.807) is 0 Å². The molecule has 0 saturated carbocycles. The van der Waals surface area contributed by atoms with Crippen LogP contribution in [0.3, 0.4) is 0 Å². The number of nitrogen functional groups attached to an aromatic ring is 1. The second kappa shape index (κ2) is 6.43. The predicted molar refractivity (Wildman–Crippen MR) is 73.4 cm³/mol. The first kappa shape index (κ1) is 17.3. The molecule has 4 N–H and O–H groups in total. The number of rotatable bonds is 5. The van der Waals surface area contributed by atoms with Gasteiger partial charge in [0.05, 0.1) is 12.9 Å². The quantitative estimate of drug-likeness (QED) is 0.438. The van der Waals surface area contributed by atoms with E-state index in [-0.39, 0.29) is 11.5 Å². The number of hydrogen-bond donors (Lipinski definition) is 3. The van der Waals surface area contributed by atoms with Crippen LogP contribution in [0.2, 0.25) is 0 Å². The fraction of sp³-hybridized carbons (Fsp3) is 0.545. The Morgan fingerprint density at radius 3 is 2.75 bits per heavy atom. The third-order valence-corrected chi connectivity index (χ3v) is 4.04. The second-order valence-electron chi connectivity index (χ2n) is 5.19. The van der Waals surface area contributed by atoms with Crippen LogP contribution < -0.4 is 20.4 Å². The maximum absolute atomic E-state index is 10.7. The highest BCUT2D eigenvalue weighted by atomic mass is 31.2. The minimum absolute atomic E-state index is 0.136. The fourth-order valence-electron chi connectivity index (χ4n) is 2.54. The summed E-state index contributed by atoms with van der Waals surface area (Å²) in [6, 6.07) is 0. The molecule has 24 heavy (non-hydrogen) atoms. The van der Waals surface area contributed by atoms with Gasteiger partial charge in [-0.25, -0.2) is 15.0 Å². The predicted octanol–water partition coefficient (Wildman–Crippen LogP) is -4.15. The van der Waals surface area contributed by atoms with Gasteiger partial charge in [-0.1, -0.05) is 0 Å². The van der Waals surface area contributed by atoms with Gasteiger partial charge >= 0.3 is 0 Å². The van der Waals surface area contributed by atoms with Crippen molar-refractivity contribution in [1.82, 2.24) is 19.5 Å². The Labute approximate surface area is 135 Å². The summed E-state index contributed by atoms with van der Waals surface area (Å²) in [6.07, 6.45) is -3.29. The highest BCUT2D eigenvalue weighted by Crippen LogP contribution is 2.36. The van der Waals surface area contributed by atoms with Gasteiger partial charge in [-0.15, -0.1) is 7.94 Å². The number of fused-ring (bicyclic) bond motifs is 1. The zero-order valence-electron chi connectivity index (χ0n) is 12.1. The van der Waals surface area contributed by atoms with E-state index < -0.39 is 45.4 Å². The van der Waals surface area contributed by atoms with Crippen molar-refractivity contribution in [2.24, 2.45) is 0 Å². The summed E-state index contributed by atoms with van der Waals surface area (Å²) in [5, 5.41) is 19.7. The summed E-state index contributed by atoms with van der Waals surface area (Å²) in [6.45, 7) is -0.552. The zero-order valence-corrected chi connectivity index (χ0v) is 13.0. The van der Waals surface area contributed by atoms with Crippen molar-refractivity contribution >= 4 is 24.9 Å². The Kier molecular flexibility index (Phi) is 4.64. The molecule has 0 unspecified atom stereocenters. The van der Waals surface area contributed by atoms with E-state index in [2.05, 4.69) is 15.0 Å². The van der Waals surface area contributed by atoms with Crippen LogP contribution in [0.15, 0.2) is 12.7 Å². The van der Waals surface area contributed by atoms with Crippen LogP contribution in [0.4, 0.5) is 5.82 Å². The standard InChI is InChI=1S/C11H16N5O7P/c12-9-6-10(14-2-13-9)16(3-15-6)11-7(18)8(5(1-17)23-11)22-4-24(19,20)21/h2-3,5,7-8,11,17-18H,1,4H2,(H2,12,13,14)(H2,19,20,21)/p-2/t5-,7+,8-,11+/m0/s1. The molecule has 1 aliphatic heterocycles. The van der Waals surface area contributed by atoms with Crippen LogP contribution in [0, 0.1) is 0 Å². The average Bonchev–Trinajstić information content (AvgIpc) is 3.06. The third-order valence-electron chi connectivity index (χ3n) is 3.58. The Morgan fingerprint density at radius 2 is 2.08 bits per heavy atom. The van der Waals surface area contributed by atoms with Gasteiger partial charge in [0, 0.05) is 0 Å². The number of nitrogens with zero attached hydrogens (tertiary/aromatic N) is 4. The SMILES string of the molecule is Nc1ncnc2c1ncn2[C@@H]1O[C@@H](CO)[C@H](OC[P+]([O-])([O-])[O-])[C@H]1O. The molecule has 1 fully saturated rings. The van der Waals surface area contributed by atoms with Crippen molar-refractivity contribution in [3.05, 3.63) is 12.7 Å². The molecular formula is C11H14N5O7P-2. The summed E-state index contributed by atoms with van der Waals surface area (Å²) >= 11 is 0. The lowest BCUT2D eigenvalue weighted by Crippen LogP contribution is -2.41. The van der Waals surface area contributed by atoms with Crippen molar-refractivity contribution in [3.63, 3.8) is 0 Å². The van der Waals surface area contributed by atoms with Crippen LogP contribution in [0.25, 0.3) is 11.2 Å². The lowest BCUT2D eigenvalue weighted by atomic mass is 10.1. The van der Waals surface area contributed by atoms with E-state index >= 15 is 0 Å². The van der Waals surface area contributed by atoms with Crippen molar-refractivity contribution < 1.29 is 34.4 Å². The number of aliphatic hydroxyl groups is 2. The number of aliphatic hydroxyl groups excluding tert-OH is 2. The molecule has 0 radical (unpaired) electrons. The van der Waals surface area contributed by atoms with Gasteiger partial charge in [0.1, 0.15) is 36.5 Å². The number of hydrogen-bond acceptors (Lipinski definition) is 11. The highest BCUT2D eigenvalue weighted by molar-refractivity contribution is 7.53. The van der Waals surface area contributed by atoms with Gasteiger partial charge in [0.15, 0.2) is 17.7 Å². The van der Waals surface area contributed by atoms with Crippen LogP contribution >= 0.6 is 7.94 Å². The van der Waals surface area contributed by atoms with Gasteiger partial charge in [-0.2, -0.15) is 0 Å². The fourth-order valence-corrected chi connectivity index (χ4v) is 2.89. The number of ether oxygens (including phenoxy) is 2. The Morgan fingerprint density at radius 1 is 1.33 bits per heavy atom. The normalized spacial score (nSPS) is 27.9. The molecule has 12 nitrogen and oxygen atoms in total. The maximum Gasteiger partial charge on any atom is 0.167 e. The van der Waals surface area contributed by atoms with E-state index in [9.17, 15) is 24.9 Å². The molecular weight excluding hydrogens is 345 g/mol. The molecule has 132 valence electrons. The van der Waals surface area contributed by atoms with E-state index in [4.69, 9.17) is 15.2 Å². The summed E-state index contributed by atoms with van der Waals surface area (Å²) in [5.74, 6) is 0.136. The molecule has 3 rings (SSSR count). The summed E-state index contributed by atoms with van der Waals surface area (Å²) < 4.78 is 11.8. The maximum atomic E-state index is 10.7. The molecule has 0 aliphatic carbocycles. The first-order chi connectivity index (χ1) is 11.3. The molecule has 0 aromatic carbocycles. The number of aromatic nitrogens is 4. The molecule has 3 heterocycles. The molecule has 2 aromatic rings. The number of nitrogens with two attached hydrogens (primary N) is 1. The lowest BCUT2D eigenvalue weighted by Gasteiger charge is -2.42. The lowest BCUT2D eigenvalue weighted by molar-refractivity contribution is -0.432. The molecule has 1 aliphatic rings. The van der Waals surface area contributed by atoms with Gasteiger partial charge < -0.3 is 40.1 Å². The minimum atomic E-state index is -4.93. The van der Waals surface area contributed by atoms with Gasteiger partial charge in [-0.05, 0) is 0 Å². The van der Waals surface area contributed by atoms with Crippen LogP contribution in [-0.4, -0.2) is 61.0 Å². The van der Waals surface area contributed by atoms with Crippen molar-refractivity contribution in [2.75, 3.05) is 18.7 Å². The first-order valence-electron chi connectivity index (χ1n) is 6.82. The summed E-state index contributed by atoms with van der Waals surface area (Å²) in [7, 11) is -4.93. The number of anilines is 1. The molecule has 4 atom stereocenters. The van der Waals surface area contributed by atoms with Crippen LogP contribution in [0.5, 0.6) is 0 Å². The Balaban J connectivity index is 1.87. The van der Waals surface area contributed by atoms with E-state index in [0.29, 0.717) is 5.52 Å². The van der Waals surface area contributed by atoms with Crippen LogP contribution in [0.1, 0.15) is 6.23 Å². The highest BCUT2D eigenvalue weighted by Gasteiger charge is 2.46. The Hall–Kier alpha value is -1.50. The van der Waals surface area contributed by atoms with E-state index in [0.717, 1.165) is 0 Å².